The van der Waals surface area contributed by atoms with Crippen LogP contribution in [0, 0.1) is 5.82 Å². The van der Waals surface area contributed by atoms with E-state index in [0.29, 0.717) is 30.1 Å². The average Bonchev–Trinajstić information content (AvgIpc) is 3.19. The van der Waals surface area contributed by atoms with Crippen LogP contribution in [0.5, 0.6) is 0 Å². The maximum absolute atomic E-state index is 14.4. The van der Waals surface area contributed by atoms with Crippen molar-refractivity contribution in [2.75, 3.05) is 11.9 Å². The standard InChI is InChI=1S/C15H18FN5O2/c1-9(2)21-14(18-19-20-21)11-6-5-10(8-12(11)16)17-15(22)13-4-3-7-23-13/h5-6,8-9,13H,3-4,7H2,1-2H3,(H,17,22)/t13-/m1/s1. The van der Waals surface area contributed by atoms with E-state index in [-0.39, 0.29) is 11.9 Å². The van der Waals surface area contributed by atoms with E-state index in [1.54, 1.807) is 16.8 Å². The Kier molecular flexibility index (Phi) is 4.33. The molecule has 8 heteroatoms. The molecular formula is C15H18FN5O2. The zero-order valence-electron chi connectivity index (χ0n) is 13.0. The van der Waals surface area contributed by atoms with Crippen LogP contribution in [0.25, 0.3) is 11.4 Å². The molecule has 2 heterocycles. The molecule has 3 rings (SSSR count). The van der Waals surface area contributed by atoms with Crippen LogP contribution in [0.4, 0.5) is 10.1 Å². The molecule has 1 fully saturated rings. The second-order valence-corrected chi connectivity index (χ2v) is 5.73. The van der Waals surface area contributed by atoms with Crippen molar-refractivity contribution >= 4 is 11.6 Å². The number of halogens is 1. The molecule has 1 aromatic carbocycles. The van der Waals surface area contributed by atoms with Crippen LogP contribution >= 0.6 is 0 Å². The number of nitrogens with zero attached hydrogens (tertiary/aromatic N) is 4. The summed E-state index contributed by atoms with van der Waals surface area (Å²) in [5.41, 5.74) is 0.675. The molecule has 0 radical (unpaired) electrons. The van der Waals surface area contributed by atoms with E-state index in [9.17, 15) is 9.18 Å². The SMILES string of the molecule is CC(C)n1nnnc1-c1ccc(NC(=O)[C@H]2CCCO2)cc1F. The fraction of sp³-hybridized carbons (Fsp3) is 0.467. The first-order valence-corrected chi connectivity index (χ1v) is 7.56. The van der Waals surface area contributed by atoms with E-state index in [2.05, 4.69) is 20.8 Å². The predicted octanol–water partition coefficient (Wildman–Crippen LogP) is 2.18. The number of rotatable bonds is 4. The van der Waals surface area contributed by atoms with Gasteiger partial charge in [0.1, 0.15) is 11.9 Å². The van der Waals surface area contributed by atoms with Gasteiger partial charge in [-0.3, -0.25) is 4.79 Å². The van der Waals surface area contributed by atoms with Crippen LogP contribution in [0.2, 0.25) is 0 Å². The first kappa shape index (κ1) is 15.5. The Hall–Kier alpha value is -2.35. The van der Waals surface area contributed by atoms with Gasteiger partial charge in [0.05, 0.1) is 11.6 Å². The maximum Gasteiger partial charge on any atom is 0.253 e. The molecule has 23 heavy (non-hydrogen) atoms. The zero-order chi connectivity index (χ0) is 16.4. The Morgan fingerprint density at radius 2 is 2.30 bits per heavy atom. The molecule has 0 spiro atoms. The Labute approximate surface area is 132 Å². The minimum atomic E-state index is -0.494. The van der Waals surface area contributed by atoms with Crippen LogP contribution in [-0.4, -0.2) is 38.8 Å². The summed E-state index contributed by atoms with van der Waals surface area (Å²) in [6.07, 6.45) is 1.10. The molecule has 0 unspecified atom stereocenters. The highest BCUT2D eigenvalue weighted by Crippen LogP contribution is 2.25. The van der Waals surface area contributed by atoms with Crippen molar-refractivity contribution in [3.63, 3.8) is 0 Å². The molecule has 1 N–H and O–H groups in total. The number of hydrogen-bond acceptors (Lipinski definition) is 5. The number of hydrogen-bond donors (Lipinski definition) is 1. The topological polar surface area (TPSA) is 81.9 Å². The lowest BCUT2D eigenvalue weighted by molar-refractivity contribution is -0.124. The molecular weight excluding hydrogens is 301 g/mol. The van der Waals surface area contributed by atoms with Gasteiger partial charge in [0.2, 0.25) is 0 Å². The van der Waals surface area contributed by atoms with Crippen molar-refractivity contribution in [3.8, 4) is 11.4 Å². The maximum atomic E-state index is 14.4. The molecule has 1 aliphatic rings. The molecule has 1 amide bonds. The summed E-state index contributed by atoms with van der Waals surface area (Å²) in [4.78, 5) is 12.0. The van der Waals surface area contributed by atoms with Crippen molar-refractivity contribution in [1.82, 2.24) is 20.2 Å². The number of ether oxygens (including phenoxy) is 1. The molecule has 0 aliphatic carbocycles. The van der Waals surface area contributed by atoms with E-state index in [1.807, 2.05) is 13.8 Å². The quantitative estimate of drug-likeness (QED) is 0.934. The Morgan fingerprint density at radius 3 is 2.96 bits per heavy atom. The number of aromatic nitrogens is 4. The van der Waals surface area contributed by atoms with E-state index in [1.165, 1.54) is 6.07 Å². The summed E-state index contributed by atoms with van der Waals surface area (Å²) in [5.74, 6) is -0.386. The fourth-order valence-electron chi connectivity index (χ4n) is 2.50. The van der Waals surface area contributed by atoms with Crippen molar-refractivity contribution < 1.29 is 13.9 Å². The van der Waals surface area contributed by atoms with Gasteiger partial charge in [-0.2, -0.15) is 0 Å². The summed E-state index contributed by atoms with van der Waals surface area (Å²) < 4.78 is 21.2. The van der Waals surface area contributed by atoms with E-state index in [4.69, 9.17) is 4.74 Å². The van der Waals surface area contributed by atoms with Crippen molar-refractivity contribution in [1.29, 1.82) is 0 Å². The number of nitrogens with one attached hydrogen (secondary N) is 1. The van der Waals surface area contributed by atoms with Gasteiger partial charge in [0, 0.05) is 12.3 Å². The molecule has 1 atom stereocenters. The van der Waals surface area contributed by atoms with E-state index in [0.717, 1.165) is 6.42 Å². The largest absolute Gasteiger partial charge is 0.368 e. The molecule has 1 saturated heterocycles. The van der Waals surface area contributed by atoms with E-state index >= 15 is 0 Å². The van der Waals surface area contributed by atoms with Gasteiger partial charge in [-0.1, -0.05) is 0 Å². The van der Waals surface area contributed by atoms with Crippen LogP contribution in [0.3, 0.4) is 0 Å². The highest BCUT2D eigenvalue weighted by molar-refractivity contribution is 5.94. The molecule has 0 saturated carbocycles. The van der Waals surface area contributed by atoms with Gasteiger partial charge in [0.25, 0.3) is 5.91 Å². The van der Waals surface area contributed by atoms with Gasteiger partial charge >= 0.3 is 0 Å². The third kappa shape index (κ3) is 3.21. The third-order valence-electron chi connectivity index (χ3n) is 3.68. The lowest BCUT2D eigenvalue weighted by Gasteiger charge is -2.12. The normalized spacial score (nSPS) is 17.7. The van der Waals surface area contributed by atoms with Gasteiger partial charge in [-0.25, -0.2) is 9.07 Å². The van der Waals surface area contributed by atoms with Gasteiger partial charge in [-0.15, -0.1) is 5.10 Å². The second kappa shape index (κ2) is 6.41. The lowest BCUT2D eigenvalue weighted by Crippen LogP contribution is -2.26. The first-order chi connectivity index (χ1) is 11.1. The summed E-state index contributed by atoms with van der Waals surface area (Å²) in [7, 11) is 0. The average molecular weight is 319 g/mol. The zero-order valence-corrected chi connectivity index (χ0v) is 13.0. The Bertz CT molecular complexity index is 710. The predicted molar refractivity (Wildman–Crippen MR) is 81.2 cm³/mol. The van der Waals surface area contributed by atoms with Crippen molar-refractivity contribution in [2.45, 2.75) is 38.8 Å². The van der Waals surface area contributed by atoms with Gasteiger partial charge in [0.15, 0.2) is 5.82 Å². The number of tetrazole rings is 1. The Balaban J connectivity index is 1.80. The molecule has 7 nitrogen and oxygen atoms in total. The highest BCUT2D eigenvalue weighted by atomic mass is 19.1. The van der Waals surface area contributed by atoms with Crippen LogP contribution < -0.4 is 5.32 Å². The smallest absolute Gasteiger partial charge is 0.253 e. The summed E-state index contributed by atoms with van der Waals surface area (Å²) in [6, 6.07) is 4.47. The molecule has 122 valence electrons. The molecule has 0 bridgehead atoms. The molecule has 2 aromatic rings. The van der Waals surface area contributed by atoms with Gasteiger partial charge in [-0.05, 0) is 55.3 Å². The monoisotopic (exact) mass is 319 g/mol. The molecule has 1 aliphatic heterocycles. The summed E-state index contributed by atoms with van der Waals surface area (Å²) in [5, 5.41) is 14.0. The minimum absolute atomic E-state index is 0.0123. The fourth-order valence-corrected chi connectivity index (χ4v) is 2.50. The number of anilines is 1. The Morgan fingerprint density at radius 1 is 1.48 bits per heavy atom. The minimum Gasteiger partial charge on any atom is -0.368 e. The number of carbonyl (C=O) groups excluding carboxylic acids is 1. The van der Waals surface area contributed by atoms with Crippen LogP contribution in [-0.2, 0) is 9.53 Å². The van der Waals surface area contributed by atoms with Gasteiger partial charge < -0.3 is 10.1 Å². The van der Waals surface area contributed by atoms with E-state index < -0.39 is 11.9 Å². The second-order valence-electron chi connectivity index (χ2n) is 5.73. The highest BCUT2D eigenvalue weighted by Gasteiger charge is 2.24. The van der Waals surface area contributed by atoms with Crippen molar-refractivity contribution in [2.24, 2.45) is 0 Å². The number of carbonyl (C=O) groups is 1. The third-order valence-corrected chi connectivity index (χ3v) is 3.68. The number of benzene rings is 1. The summed E-state index contributed by atoms with van der Waals surface area (Å²) >= 11 is 0. The first-order valence-electron chi connectivity index (χ1n) is 7.56. The lowest BCUT2D eigenvalue weighted by atomic mass is 10.1. The summed E-state index contributed by atoms with van der Waals surface area (Å²) in [6.45, 7) is 4.41. The number of amides is 1. The van der Waals surface area contributed by atoms with Crippen molar-refractivity contribution in [3.05, 3.63) is 24.0 Å². The van der Waals surface area contributed by atoms with Crippen LogP contribution in [0.1, 0.15) is 32.7 Å². The van der Waals surface area contributed by atoms with Crippen LogP contribution in [0.15, 0.2) is 18.2 Å². The molecule has 1 aromatic heterocycles.